The number of rotatable bonds is 6. The van der Waals surface area contributed by atoms with E-state index in [1.165, 1.54) is 6.07 Å². The van der Waals surface area contributed by atoms with E-state index in [1.807, 2.05) is 0 Å². The number of hydrogen-bond donors (Lipinski definition) is 1. The molecule has 2 aromatic carbocycles. The molecule has 3 aromatic rings. The summed E-state index contributed by atoms with van der Waals surface area (Å²) in [4.78, 5) is 11.1. The maximum Gasteiger partial charge on any atom is 0.186 e. The van der Waals surface area contributed by atoms with Crippen molar-refractivity contribution in [1.29, 1.82) is 0 Å². The molecule has 0 saturated heterocycles. The summed E-state index contributed by atoms with van der Waals surface area (Å²) in [7, 11) is -3.73. The number of aliphatic hydroxyl groups excluding tert-OH is 1. The van der Waals surface area contributed by atoms with Crippen molar-refractivity contribution in [3.63, 3.8) is 0 Å². The van der Waals surface area contributed by atoms with Crippen LogP contribution < -0.4 is 0 Å². The standard InChI is InChI=1S/C20H19NO5S/c1-13-14(2)21-26-19(13)12-27(24,25)20-6-4-3-5-18(20)17-8-7-15(10-22)9-16(17)11-23/h3-10,23H,11-12H2,1-2H3. The van der Waals surface area contributed by atoms with Crippen molar-refractivity contribution in [2.75, 3.05) is 0 Å². The zero-order chi connectivity index (χ0) is 19.6. The van der Waals surface area contributed by atoms with Gasteiger partial charge in [-0.05, 0) is 37.1 Å². The van der Waals surface area contributed by atoms with E-state index in [4.69, 9.17) is 4.52 Å². The van der Waals surface area contributed by atoms with Crippen LogP contribution in [0.1, 0.15) is 32.9 Å². The molecule has 0 unspecified atom stereocenters. The summed E-state index contributed by atoms with van der Waals surface area (Å²) in [6.07, 6.45) is 0.681. The minimum absolute atomic E-state index is 0.131. The molecular formula is C20H19NO5S. The summed E-state index contributed by atoms with van der Waals surface area (Å²) in [6, 6.07) is 11.4. The smallest absolute Gasteiger partial charge is 0.186 e. The normalized spacial score (nSPS) is 11.5. The summed E-state index contributed by atoms with van der Waals surface area (Å²) in [5.74, 6) is -0.00150. The Hall–Kier alpha value is -2.77. The lowest BCUT2D eigenvalue weighted by Gasteiger charge is -2.13. The number of aromatic nitrogens is 1. The lowest BCUT2D eigenvalue weighted by molar-refractivity contribution is 0.112. The van der Waals surface area contributed by atoms with Crippen molar-refractivity contribution in [1.82, 2.24) is 5.16 Å². The second-order valence-corrected chi connectivity index (χ2v) is 8.22. The fraction of sp³-hybridized carbons (Fsp3) is 0.200. The average Bonchev–Trinajstić information content (AvgIpc) is 2.99. The predicted molar refractivity (Wildman–Crippen MR) is 100 cm³/mol. The Morgan fingerprint density at radius 1 is 1.11 bits per heavy atom. The molecule has 0 aliphatic rings. The van der Waals surface area contributed by atoms with Gasteiger partial charge in [-0.1, -0.05) is 35.5 Å². The fourth-order valence-corrected chi connectivity index (χ4v) is 4.46. The highest BCUT2D eigenvalue weighted by Crippen LogP contribution is 2.32. The van der Waals surface area contributed by atoms with E-state index in [2.05, 4.69) is 5.16 Å². The summed E-state index contributed by atoms with van der Waals surface area (Å²) >= 11 is 0. The highest BCUT2D eigenvalue weighted by Gasteiger charge is 2.24. The van der Waals surface area contributed by atoms with E-state index < -0.39 is 9.84 Å². The summed E-state index contributed by atoms with van der Waals surface area (Å²) in [5.41, 5.74) is 3.29. The lowest BCUT2D eigenvalue weighted by Crippen LogP contribution is -2.07. The largest absolute Gasteiger partial charge is 0.392 e. The zero-order valence-electron chi connectivity index (χ0n) is 15.0. The van der Waals surface area contributed by atoms with E-state index in [1.54, 1.807) is 50.2 Å². The van der Waals surface area contributed by atoms with Gasteiger partial charge in [0.15, 0.2) is 15.6 Å². The molecule has 0 spiro atoms. The first-order valence-corrected chi connectivity index (χ1v) is 9.95. The van der Waals surface area contributed by atoms with E-state index >= 15 is 0 Å². The first-order valence-electron chi connectivity index (χ1n) is 8.30. The van der Waals surface area contributed by atoms with Crippen LogP contribution in [0.2, 0.25) is 0 Å². The van der Waals surface area contributed by atoms with Crippen molar-refractivity contribution in [3.8, 4) is 11.1 Å². The molecule has 1 aromatic heterocycles. The Kier molecular flexibility index (Phi) is 5.25. The van der Waals surface area contributed by atoms with Crippen LogP contribution in [0.4, 0.5) is 0 Å². The van der Waals surface area contributed by atoms with Crippen molar-refractivity contribution in [2.45, 2.75) is 31.1 Å². The van der Waals surface area contributed by atoms with Crippen molar-refractivity contribution in [2.24, 2.45) is 0 Å². The molecule has 6 nitrogen and oxygen atoms in total. The maximum atomic E-state index is 13.1. The molecule has 0 saturated carbocycles. The van der Waals surface area contributed by atoms with Gasteiger partial charge in [0.2, 0.25) is 0 Å². The van der Waals surface area contributed by atoms with Crippen LogP contribution in [-0.4, -0.2) is 25.0 Å². The molecule has 0 amide bonds. The summed E-state index contributed by atoms with van der Waals surface area (Å²) in [6.45, 7) is 3.21. The van der Waals surface area contributed by atoms with E-state index in [-0.39, 0.29) is 17.3 Å². The van der Waals surface area contributed by atoms with E-state index in [0.717, 1.165) is 0 Å². The number of carbonyl (C=O) groups excluding carboxylic acids is 1. The predicted octanol–water partition coefficient (Wildman–Crippen LogP) is 3.24. The van der Waals surface area contributed by atoms with Crippen LogP contribution in [0.3, 0.4) is 0 Å². The van der Waals surface area contributed by atoms with Crippen LogP contribution >= 0.6 is 0 Å². The third kappa shape index (κ3) is 3.70. The molecule has 0 radical (unpaired) electrons. The Morgan fingerprint density at radius 3 is 2.48 bits per heavy atom. The number of hydrogen-bond acceptors (Lipinski definition) is 6. The molecule has 3 rings (SSSR count). The maximum absolute atomic E-state index is 13.1. The lowest BCUT2D eigenvalue weighted by atomic mass is 9.98. The first kappa shape index (κ1) is 19.0. The van der Waals surface area contributed by atoms with Gasteiger partial charge in [-0.15, -0.1) is 0 Å². The van der Waals surface area contributed by atoms with Gasteiger partial charge in [0.25, 0.3) is 0 Å². The number of sulfone groups is 1. The third-order valence-corrected chi connectivity index (χ3v) is 6.19. The molecule has 1 N–H and O–H groups in total. The Bertz CT molecular complexity index is 1100. The molecule has 0 atom stereocenters. The molecule has 0 aliphatic heterocycles. The van der Waals surface area contributed by atoms with Gasteiger partial charge in [0, 0.05) is 16.7 Å². The Labute approximate surface area is 157 Å². The van der Waals surface area contributed by atoms with Gasteiger partial charge in [0.1, 0.15) is 12.0 Å². The molecule has 0 fully saturated rings. The molecule has 0 aliphatic carbocycles. The quantitative estimate of drug-likeness (QED) is 0.654. The van der Waals surface area contributed by atoms with Crippen LogP contribution in [0.25, 0.3) is 11.1 Å². The van der Waals surface area contributed by atoms with Crippen molar-refractivity contribution in [3.05, 3.63) is 70.6 Å². The zero-order valence-corrected chi connectivity index (χ0v) is 15.8. The summed E-state index contributed by atoms with van der Waals surface area (Å²) in [5, 5.41) is 13.5. The topological polar surface area (TPSA) is 97.5 Å². The number of benzene rings is 2. The minimum atomic E-state index is -3.73. The van der Waals surface area contributed by atoms with Crippen LogP contribution in [0, 0.1) is 13.8 Å². The van der Waals surface area contributed by atoms with Crippen molar-refractivity contribution >= 4 is 16.1 Å². The molecule has 7 heteroatoms. The highest BCUT2D eigenvalue weighted by molar-refractivity contribution is 7.90. The van der Waals surface area contributed by atoms with Crippen LogP contribution in [-0.2, 0) is 22.2 Å². The third-order valence-electron chi connectivity index (χ3n) is 4.52. The molecule has 0 bridgehead atoms. The second-order valence-electron chi connectivity index (χ2n) is 6.26. The van der Waals surface area contributed by atoms with Gasteiger partial charge in [0.05, 0.1) is 17.2 Å². The monoisotopic (exact) mass is 385 g/mol. The van der Waals surface area contributed by atoms with E-state index in [0.29, 0.717) is 45.6 Å². The van der Waals surface area contributed by atoms with Gasteiger partial charge in [-0.25, -0.2) is 8.42 Å². The SMILES string of the molecule is Cc1noc(CS(=O)(=O)c2ccccc2-c2ccc(C=O)cc2CO)c1C. The fourth-order valence-electron chi connectivity index (χ4n) is 2.89. The number of nitrogens with zero attached hydrogens (tertiary/aromatic N) is 1. The molecule has 27 heavy (non-hydrogen) atoms. The summed E-state index contributed by atoms with van der Waals surface area (Å²) < 4.78 is 31.3. The molecule has 140 valence electrons. The van der Waals surface area contributed by atoms with Crippen LogP contribution in [0.15, 0.2) is 51.9 Å². The molecular weight excluding hydrogens is 366 g/mol. The van der Waals surface area contributed by atoms with Gasteiger partial charge in [-0.3, -0.25) is 4.79 Å². The van der Waals surface area contributed by atoms with Crippen molar-refractivity contribution < 1.29 is 22.8 Å². The average molecular weight is 385 g/mol. The number of carbonyl (C=O) groups is 1. The van der Waals surface area contributed by atoms with E-state index in [9.17, 15) is 18.3 Å². The Balaban J connectivity index is 2.11. The number of aliphatic hydroxyl groups is 1. The first-order chi connectivity index (χ1) is 12.9. The van der Waals surface area contributed by atoms with Gasteiger partial charge in [-0.2, -0.15) is 0 Å². The molecule has 1 heterocycles. The van der Waals surface area contributed by atoms with Gasteiger partial charge >= 0.3 is 0 Å². The number of aryl methyl sites for hydroxylation is 1. The Morgan fingerprint density at radius 2 is 1.85 bits per heavy atom. The highest BCUT2D eigenvalue weighted by atomic mass is 32.2. The van der Waals surface area contributed by atoms with Crippen LogP contribution in [0.5, 0.6) is 0 Å². The minimum Gasteiger partial charge on any atom is -0.392 e. The second kappa shape index (κ2) is 7.46. The van der Waals surface area contributed by atoms with Gasteiger partial charge < -0.3 is 9.63 Å². The number of aldehydes is 1.